The van der Waals surface area contributed by atoms with Gasteiger partial charge in [-0.05, 0) is 45.1 Å². The summed E-state index contributed by atoms with van der Waals surface area (Å²) in [6, 6.07) is 2.06. The summed E-state index contributed by atoms with van der Waals surface area (Å²) >= 11 is 0. The number of aliphatic hydroxyl groups is 1. The second-order valence-corrected chi connectivity index (χ2v) is 6.32. The van der Waals surface area contributed by atoms with Gasteiger partial charge in [0.25, 0.3) is 0 Å². The van der Waals surface area contributed by atoms with Crippen molar-refractivity contribution in [1.29, 1.82) is 0 Å². The maximum absolute atomic E-state index is 12.8. The summed E-state index contributed by atoms with van der Waals surface area (Å²) in [5.41, 5.74) is 0.741. The zero-order valence-corrected chi connectivity index (χ0v) is 12.5. The third-order valence-corrected chi connectivity index (χ3v) is 4.33. The van der Waals surface area contributed by atoms with Crippen LogP contribution in [0.3, 0.4) is 0 Å². The van der Waals surface area contributed by atoms with E-state index in [-0.39, 0.29) is 24.8 Å². The molecule has 0 aliphatic heterocycles. The maximum atomic E-state index is 12.8. The van der Waals surface area contributed by atoms with Crippen LogP contribution < -0.4 is 0 Å². The average Bonchev–Trinajstić information content (AvgIpc) is 2.86. The highest BCUT2D eigenvalue weighted by Crippen LogP contribution is 2.41. The van der Waals surface area contributed by atoms with Crippen LogP contribution in [0.25, 0.3) is 0 Å². The van der Waals surface area contributed by atoms with Gasteiger partial charge in [-0.2, -0.15) is 18.3 Å². The van der Waals surface area contributed by atoms with Gasteiger partial charge in [0.2, 0.25) is 0 Å². The third kappa shape index (κ3) is 4.22. The molecule has 0 radical (unpaired) electrons. The summed E-state index contributed by atoms with van der Waals surface area (Å²) in [7, 11) is 0. The highest BCUT2D eigenvalue weighted by atomic mass is 19.4. The summed E-state index contributed by atoms with van der Waals surface area (Å²) in [6.45, 7) is 4.00. The van der Waals surface area contributed by atoms with Gasteiger partial charge < -0.3 is 5.11 Å². The number of rotatable bonds is 4. The van der Waals surface area contributed by atoms with Crippen molar-refractivity contribution in [1.82, 2.24) is 9.78 Å². The van der Waals surface area contributed by atoms with Gasteiger partial charge in [-0.25, -0.2) is 0 Å². The van der Waals surface area contributed by atoms with Crippen LogP contribution in [0.2, 0.25) is 0 Å². The highest BCUT2D eigenvalue weighted by molar-refractivity contribution is 5.02. The van der Waals surface area contributed by atoms with Crippen molar-refractivity contribution in [3.63, 3.8) is 0 Å². The molecule has 1 aromatic heterocycles. The van der Waals surface area contributed by atoms with E-state index in [0.717, 1.165) is 5.69 Å². The van der Waals surface area contributed by atoms with E-state index in [0.29, 0.717) is 19.3 Å². The van der Waals surface area contributed by atoms with Gasteiger partial charge in [0.1, 0.15) is 0 Å². The maximum Gasteiger partial charge on any atom is 0.391 e. The number of hydrogen-bond donors (Lipinski definition) is 1. The van der Waals surface area contributed by atoms with Crippen LogP contribution in [-0.2, 0) is 6.42 Å². The SMILES string of the molecule is CC(C)n1ccc(CC(O)C2CCCC(C(F)(F)F)C2)n1. The predicted molar refractivity (Wildman–Crippen MR) is 73.8 cm³/mol. The Bertz CT molecular complexity index is 456. The topological polar surface area (TPSA) is 38.0 Å². The zero-order chi connectivity index (χ0) is 15.6. The Hall–Kier alpha value is -1.04. The van der Waals surface area contributed by atoms with Crippen LogP contribution in [0.1, 0.15) is 51.3 Å². The lowest BCUT2D eigenvalue weighted by atomic mass is 9.77. The molecule has 120 valence electrons. The van der Waals surface area contributed by atoms with E-state index in [1.54, 1.807) is 4.68 Å². The lowest BCUT2D eigenvalue weighted by Gasteiger charge is -2.33. The van der Waals surface area contributed by atoms with E-state index in [1.807, 2.05) is 26.1 Å². The lowest BCUT2D eigenvalue weighted by Crippen LogP contribution is -2.34. The van der Waals surface area contributed by atoms with E-state index >= 15 is 0 Å². The van der Waals surface area contributed by atoms with E-state index in [4.69, 9.17) is 0 Å². The standard InChI is InChI=1S/C15H23F3N2O/c1-10(2)20-7-6-13(19-20)9-14(21)11-4-3-5-12(8-11)15(16,17)18/h6-7,10-12,14,21H,3-5,8-9H2,1-2H3. The molecule has 0 bridgehead atoms. The summed E-state index contributed by atoms with van der Waals surface area (Å²) in [5, 5.41) is 14.6. The van der Waals surface area contributed by atoms with Gasteiger partial charge in [0.05, 0.1) is 17.7 Å². The van der Waals surface area contributed by atoms with Crippen molar-refractivity contribution >= 4 is 0 Å². The quantitative estimate of drug-likeness (QED) is 0.920. The van der Waals surface area contributed by atoms with Crippen molar-refractivity contribution in [3.05, 3.63) is 18.0 Å². The van der Waals surface area contributed by atoms with Gasteiger partial charge >= 0.3 is 6.18 Å². The van der Waals surface area contributed by atoms with Crippen molar-refractivity contribution in [2.45, 2.75) is 64.3 Å². The molecule has 3 atom stereocenters. The van der Waals surface area contributed by atoms with Gasteiger partial charge in [0, 0.05) is 18.7 Å². The molecule has 21 heavy (non-hydrogen) atoms. The first-order chi connectivity index (χ1) is 9.77. The van der Waals surface area contributed by atoms with E-state index in [1.165, 1.54) is 0 Å². The molecule has 1 saturated carbocycles. The minimum absolute atomic E-state index is 0.0373. The molecule has 1 heterocycles. The molecule has 0 spiro atoms. The fourth-order valence-electron chi connectivity index (χ4n) is 3.03. The molecule has 1 aliphatic carbocycles. The molecule has 6 heteroatoms. The third-order valence-electron chi connectivity index (χ3n) is 4.33. The number of nitrogens with zero attached hydrogens (tertiary/aromatic N) is 2. The van der Waals surface area contributed by atoms with Crippen molar-refractivity contribution in [2.75, 3.05) is 0 Å². The largest absolute Gasteiger partial charge is 0.392 e. The highest BCUT2D eigenvalue weighted by Gasteiger charge is 2.43. The van der Waals surface area contributed by atoms with Gasteiger partial charge in [0.15, 0.2) is 0 Å². The Morgan fingerprint density at radius 3 is 2.67 bits per heavy atom. The number of halogens is 3. The second-order valence-electron chi connectivity index (χ2n) is 6.32. The smallest absolute Gasteiger partial charge is 0.391 e. The van der Waals surface area contributed by atoms with Gasteiger partial charge in [-0.1, -0.05) is 6.42 Å². The minimum Gasteiger partial charge on any atom is -0.392 e. The zero-order valence-electron chi connectivity index (χ0n) is 12.5. The first kappa shape index (κ1) is 16.3. The Labute approximate surface area is 123 Å². The Kier molecular flexibility index (Phi) is 4.96. The Morgan fingerprint density at radius 2 is 2.10 bits per heavy atom. The van der Waals surface area contributed by atoms with Crippen LogP contribution in [0.5, 0.6) is 0 Å². The monoisotopic (exact) mass is 304 g/mol. The molecule has 2 rings (SSSR count). The summed E-state index contributed by atoms with van der Waals surface area (Å²) in [5.74, 6) is -1.55. The van der Waals surface area contributed by atoms with Crippen molar-refractivity contribution < 1.29 is 18.3 Å². The average molecular weight is 304 g/mol. The van der Waals surface area contributed by atoms with Crippen molar-refractivity contribution in [2.24, 2.45) is 11.8 Å². The Balaban J connectivity index is 1.94. The molecule has 1 fully saturated rings. The molecule has 1 aliphatic rings. The number of aliphatic hydroxyl groups excluding tert-OH is 1. The van der Waals surface area contributed by atoms with Gasteiger partial charge in [-0.3, -0.25) is 4.68 Å². The van der Waals surface area contributed by atoms with Crippen LogP contribution in [0.15, 0.2) is 12.3 Å². The molecule has 0 aromatic carbocycles. The van der Waals surface area contributed by atoms with Crippen LogP contribution in [0.4, 0.5) is 13.2 Å². The molecule has 3 unspecified atom stereocenters. The first-order valence-corrected chi connectivity index (χ1v) is 7.56. The molecule has 1 N–H and O–H groups in total. The number of hydrogen-bond acceptors (Lipinski definition) is 2. The van der Waals surface area contributed by atoms with Crippen LogP contribution >= 0.6 is 0 Å². The normalized spacial score (nSPS) is 25.3. The van der Waals surface area contributed by atoms with Crippen molar-refractivity contribution in [3.8, 4) is 0 Å². The molecular weight excluding hydrogens is 281 g/mol. The first-order valence-electron chi connectivity index (χ1n) is 7.56. The van der Waals surface area contributed by atoms with E-state index in [2.05, 4.69) is 5.10 Å². The van der Waals surface area contributed by atoms with E-state index in [9.17, 15) is 18.3 Å². The molecular formula is C15H23F3N2O. The Morgan fingerprint density at radius 1 is 1.38 bits per heavy atom. The number of alkyl halides is 3. The summed E-state index contributed by atoms with van der Waals surface area (Å²) < 4.78 is 40.2. The molecule has 0 amide bonds. The fourth-order valence-corrected chi connectivity index (χ4v) is 3.03. The van der Waals surface area contributed by atoms with Gasteiger partial charge in [-0.15, -0.1) is 0 Å². The summed E-state index contributed by atoms with van der Waals surface area (Å²) in [4.78, 5) is 0. The minimum atomic E-state index is -4.14. The lowest BCUT2D eigenvalue weighted by molar-refractivity contribution is -0.188. The molecule has 1 aromatic rings. The fraction of sp³-hybridized carbons (Fsp3) is 0.800. The molecule has 3 nitrogen and oxygen atoms in total. The summed E-state index contributed by atoms with van der Waals surface area (Å²) in [6.07, 6.45) is -1.29. The second kappa shape index (κ2) is 6.38. The van der Waals surface area contributed by atoms with E-state index < -0.39 is 18.2 Å². The molecule has 0 saturated heterocycles. The van der Waals surface area contributed by atoms with Crippen LogP contribution in [-0.4, -0.2) is 27.2 Å². The number of aromatic nitrogens is 2. The predicted octanol–water partition coefficient (Wildman–Crippen LogP) is 3.74. The van der Waals surface area contributed by atoms with Crippen LogP contribution in [0, 0.1) is 11.8 Å².